The Labute approximate surface area is 126 Å². The number of benzene rings is 1. The minimum absolute atomic E-state index is 0.146. The van der Waals surface area contributed by atoms with Crippen LogP contribution in [0.3, 0.4) is 0 Å². The first kappa shape index (κ1) is 14.6. The number of anilines is 1. The molecule has 1 aromatic carbocycles. The van der Waals surface area contributed by atoms with Crippen molar-refractivity contribution in [2.24, 2.45) is 0 Å². The lowest BCUT2D eigenvalue weighted by Gasteiger charge is -2.09. The molecule has 1 saturated carbocycles. The van der Waals surface area contributed by atoms with Gasteiger partial charge in [-0.25, -0.2) is 13.1 Å². The third-order valence-electron chi connectivity index (χ3n) is 3.97. The second-order valence-corrected chi connectivity index (χ2v) is 7.57. The van der Waals surface area contributed by atoms with E-state index in [9.17, 15) is 8.42 Å². The first-order chi connectivity index (χ1) is 10.1. The van der Waals surface area contributed by atoms with Crippen LogP contribution in [0.25, 0.3) is 0 Å². The lowest BCUT2D eigenvalue weighted by atomic mass is 10.1. The minimum atomic E-state index is -3.33. The maximum Gasteiger partial charge on any atom is 0.240 e. The summed E-state index contributed by atoms with van der Waals surface area (Å²) < 4.78 is 26.8. The largest absolute Gasteiger partial charge is 0.385 e. The SMILES string of the molecule is O=S(=O)(NC1CC1)c1ccc(NCCC2=CCCC2)cc1. The molecule has 0 atom stereocenters. The van der Waals surface area contributed by atoms with Crippen LogP contribution >= 0.6 is 0 Å². The van der Waals surface area contributed by atoms with Crippen LogP contribution in [-0.4, -0.2) is 21.0 Å². The maximum atomic E-state index is 12.0. The standard InChI is InChI=1S/C16H22N2O2S/c19-21(20,18-15-5-6-15)16-9-7-14(8-10-16)17-12-11-13-3-1-2-4-13/h3,7-10,15,17-18H,1-2,4-6,11-12H2. The minimum Gasteiger partial charge on any atom is -0.385 e. The first-order valence-electron chi connectivity index (χ1n) is 7.68. The molecule has 0 saturated heterocycles. The third-order valence-corrected chi connectivity index (χ3v) is 5.51. The second kappa shape index (κ2) is 6.20. The zero-order valence-corrected chi connectivity index (χ0v) is 13.0. The molecule has 2 N–H and O–H groups in total. The lowest BCUT2D eigenvalue weighted by Crippen LogP contribution is -2.25. The molecule has 0 aromatic heterocycles. The highest BCUT2D eigenvalue weighted by molar-refractivity contribution is 7.89. The van der Waals surface area contributed by atoms with E-state index in [-0.39, 0.29) is 6.04 Å². The van der Waals surface area contributed by atoms with Gasteiger partial charge in [0.2, 0.25) is 10.0 Å². The zero-order valence-electron chi connectivity index (χ0n) is 12.1. The molecule has 3 rings (SSSR count). The van der Waals surface area contributed by atoms with E-state index in [1.165, 1.54) is 24.8 Å². The van der Waals surface area contributed by atoms with Crippen LogP contribution in [0.5, 0.6) is 0 Å². The van der Waals surface area contributed by atoms with Gasteiger partial charge in [0.1, 0.15) is 0 Å². The van der Waals surface area contributed by atoms with E-state index in [2.05, 4.69) is 16.1 Å². The van der Waals surface area contributed by atoms with E-state index in [1.807, 2.05) is 12.1 Å². The Morgan fingerprint density at radius 2 is 1.90 bits per heavy atom. The molecule has 4 nitrogen and oxygen atoms in total. The van der Waals surface area contributed by atoms with Gasteiger partial charge in [-0.3, -0.25) is 0 Å². The lowest BCUT2D eigenvalue weighted by molar-refractivity contribution is 0.581. The summed E-state index contributed by atoms with van der Waals surface area (Å²) in [4.78, 5) is 0.346. The summed E-state index contributed by atoms with van der Waals surface area (Å²) in [6.45, 7) is 0.901. The average molecular weight is 306 g/mol. The Balaban J connectivity index is 1.53. The van der Waals surface area contributed by atoms with Gasteiger partial charge in [-0.15, -0.1) is 0 Å². The van der Waals surface area contributed by atoms with Crippen molar-refractivity contribution in [3.05, 3.63) is 35.9 Å². The van der Waals surface area contributed by atoms with Crippen molar-refractivity contribution in [2.75, 3.05) is 11.9 Å². The Bertz CT molecular complexity index is 616. The molecule has 5 heteroatoms. The molecule has 0 radical (unpaired) electrons. The Kier molecular flexibility index (Phi) is 4.31. The first-order valence-corrected chi connectivity index (χ1v) is 9.16. The van der Waals surface area contributed by atoms with Crippen molar-refractivity contribution in [1.82, 2.24) is 4.72 Å². The monoisotopic (exact) mass is 306 g/mol. The molecule has 2 aliphatic carbocycles. The number of hydrogen-bond acceptors (Lipinski definition) is 3. The second-order valence-electron chi connectivity index (χ2n) is 5.85. The van der Waals surface area contributed by atoms with Gasteiger partial charge in [0.05, 0.1) is 4.90 Å². The molecular weight excluding hydrogens is 284 g/mol. The molecule has 2 aliphatic rings. The van der Waals surface area contributed by atoms with Gasteiger partial charge in [-0.1, -0.05) is 11.6 Å². The van der Waals surface area contributed by atoms with E-state index < -0.39 is 10.0 Å². The van der Waals surface area contributed by atoms with Gasteiger partial charge >= 0.3 is 0 Å². The normalized spacial score (nSPS) is 18.6. The maximum absolute atomic E-state index is 12.0. The Morgan fingerprint density at radius 3 is 2.52 bits per heavy atom. The number of hydrogen-bond donors (Lipinski definition) is 2. The molecule has 1 fully saturated rings. The van der Waals surface area contributed by atoms with E-state index >= 15 is 0 Å². The fourth-order valence-corrected chi connectivity index (χ4v) is 3.88. The molecule has 0 spiro atoms. The summed E-state index contributed by atoms with van der Waals surface area (Å²) in [7, 11) is -3.33. The Morgan fingerprint density at radius 1 is 1.14 bits per heavy atom. The van der Waals surface area contributed by atoms with Gasteiger partial charge in [0.15, 0.2) is 0 Å². The number of nitrogens with one attached hydrogen (secondary N) is 2. The highest BCUT2D eigenvalue weighted by Gasteiger charge is 2.27. The highest BCUT2D eigenvalue weighted by Crippen LogP contribution is 2.23. The zero-order chi connectivity index (χ0) is 14.7. The molecule has 21 heavy (non-hydrogen) atoms. The topological polar surface area (TPSA) is 58.2 Å². The van der Waals surface area contributed by atoms with Crippen molar-refractivity contribution in [3.63, 3.8) is 0 Å². The molecule has 0 unspecified atom stereocenters. The van der Waals surface area contributed by atoms with Crippen molar-refractivity contribution >= 4 is 15.7 Å². The predicted octanol–water partition coefficient (Wildman–Crippen LogP) is 3.04. The van der Waals surface area contributed by atoms with E-state index in [4.69, 9.17) is 0 Å². The quantitative estimate of drug-likeness (QED) is 0.761. The number of allylic oxidation sites excluding steroid dienone is 1. The summed E-state index contributed by atoms with van der Waals surface area (Å²) in [5.74, 6) is 0. The van der Waals surface area contributed by atoms with Crippen LogP contribution in [0.1, 0.15) is 38.5 Å². The summed E-state index contributed by atoms with van der Waals surface area (Å²) in [6.07, 6.45) is 9.05. The fraction of sp³-hybridized carbons (Fsp3) is 0.500. The smallest absolute Gasteiger partial charge is 0.240 e. The van der Waals surface area contributed by atoms with E-state index in [0.717, 1.165) is 31.5 Å². The van der Waals surface area contributed by atoms with Crippen LogP contribution in [0, 0.1) is 0 Å². The molecule has 0 heterocycles. The summed E-state index contributed by atoms with van der Waals surface area (Å²) >= 11 is 0. The van der Waals surface area contributed by atoms with Gasteiger partial charge in [0, 0.05) is 18.3 Å². The van der Waals surface area contributed by atoms with Gasteiger partial charge in [-0.05, 0) is 62.8 Å². The van der Waals surface area contributed by atoms with Crippen LogP contribution in [-0.2, 0) is 10.0 Å². The van der Waals surface area contributed by atoms with E-state index in [0.29, 0.717) is 4.90 Å². The van der Waals surface area contributed by atoms with Crippen molar-refractivity contribution < 1.29 is 8.42 Å². The molecule has 1 aromatic rings. The predicted molar refractivity (Wildman–Crippen MR) is 84.8 cm³/mol. The van der Waals surface area contributed by atoms with Gasteiger partial charge < -0.3 is 5.32 Å². The third kappa shape index (κ3) is 4.08. The highest BCUT2D eigenvalue weighted by atomic mass is 32.2. The average Bonchev–Trinajstić information content (AvgIpc) is 3.11. The van der Waals surface area contributed by atoms with Crippen LogP contribution in [0.15, 0.2) is 40.8 Å². The van der Waals surface area contributed by atoms with Gasteiger partial charge in [-0.2, -0.15) is 0 Å². The van der Waals surface area contributed by atoms with Crippen LogP contribution < -0.4 is 10.0 Å². The van der Waals surface area contributed by atoms with Gasteiger partial charge in [0.25, 0.3) is 0 Å². The molecule has 0 amide bonds. The molecule has 0 aliphatic heterocycles. The van der Waals surface area contributed by atoms with Crippen molar-refractivity contribution in [3.8, 4) is 0 Å². The van der Waals surface area contributed by atoms with Crippen LogP contribution in [0.2, 0.25) is 0 Å². The van der Waals surface area contributed by atoms with Crippen LogP contribution in [0.4, 0.5) is 5.69 Å². The van der Waals surface area contributed by atoms with Crippen molar-refractivity contribution in [2.45, 2.75) is 49.5 Å². The van der Waals surface area contributed by atoms with E-state index in [1.54, 1.807) is 12.1 Å². The molecule has 0 bridgehead atoms. The summed E-state index contributed by atoms with van der Waals surface area (Å²) in [5, 5.41) is 3.35. The summed E-state index contributed by atoms with van der Waals surface area (Å²) in [6, 6.07) is 7.16. The molecule has 114 valence electrons. The molecular formula is C16H22N2O2S. The fourth-order valence-electron chi connectivity index (χ4n) is 2.57. The number of rotatable bonds is 7. The summed E-state index contributed by atoms with van der Waals surface area (Å²) in [5.41, 5.74) is 2.51. The number of sulfonamides is 1. The Hall–Kier alpha value is -1.33. The van der Waals surface area contributed by atoms with Crippen molar-refractivity contribution in [1.29, 1.82) is 0 Å².